The summed E-state index contributed by atoms with van der Waals surface area (Å²) >= 11 is 0. The van der Waals surface area contributed by atoms with Gasteiger partial charge in [-0.15, -0.1) is 0 Å². The van der Waals surface area contributed by atoms with Gasteiger partial charge in [-0.2, -0.15) is 0 Å². The van der Waals surface area contributed by atoms with E-state index in [0.29, 0.717) is 37.4 Å². The minimum atomic E-state index is -0.517. The Morgan fingerprint density at radius 2 is 1.78 bits per heavy atom. The first kappa shape index (κ1) is 23.5. The fourth-order valence-corrected chi connectivity index (χ4v) is 3.50. The molecular formula is C23H30N4O5. The predicted molar refractivity (Wildman–Crippen MR) is 119 cm³/mol. The van der Waals surface area contributed by atoms with Gasteiger partial charge in [-0.25, -0.2) is 4.98 Å². The second-order valence-corrected chi connectivity index (χ2v) is 8.65. The minimum Gasteiger partial charge on any atom is -0.496 e. The fraction of sp³-hybridized carbons (Fsp3) is 0.478. The molecule has 1 saturated heterocycles. The van der Waals surface area contributed by atoms with E-state index in [1.165, 1.54) is 7.11 Å². The quantitative estimate of drug-likeness (QED) is 0.676. The first-order valence-corrected chi connectivity index (χ1v) is 10.6. The van der Waals surface area contributed by atoms with Crippen LogP contribution in [0.2, 0.25) is 0 Å². The van der Waals surface area contributed by atoms with Gasteiger partial charge in [-0.1, -0.05) is 12.1 Å². The summed E-state index contributed by atoms with van der Waals surface area (Å²) in [6.07, 6.45) is 0. The number of esters is 1. The monoisotopic (exact) mass is 442 g/mol. The molecule has 32 heavy (non-hydrogen) atoms. The highest BCUT2D eigenvalue weighted by atomic mass is 16.6. The number of hydrogen-bond acceptors (Lipinski definition) is 7. The molecule has 0 saturated carbocycles. The molecule has 1 aromatic heterocycles. The van der Waals surface area contributed by atoms with Crippen molar-refractivity contribution in [3.63, 3.8) is 0 Å². The number of fused-ring (bicyclic) bond motifs is 1. The lowest BCUT2D eigenvalue weighted by atomic mass is 10.1. The molecule has 1 N–H and O–H groups in total. The summed E-state index contributed by atoms with van der Waals surface area (Å²) in [4.78, 5) is 45.1. The Labute approximate surface area is 187 Å². The summed E-state index contributed by atoms with van der Waals surface area (Å²) in [6.45, 7) is 7.69. The zero-order valence-corrected chi connectivity index (χ0v) is 19.0. The molecule has 1 aliphatic rings. The molecule has 1 aliphatic heterocycles. The van der Waals surface area contributed by atoms with E-state index >= 15 is 0 Å². The molecule has 9 nitrogen and oxygen atoms in total. The molecule has 0 atom stereocenters. The van der Waals surface area contributed by atoms with Crippen molar-refractivity contribution in [1.29, 1.82) is 0 Å². The Kier molecular flexibility index (Phi) is 7.29. The number of ether oxygens (including phenoxy) is 2. The van der Waals surface area contributed by atoms with E-state index in [2.05, 4.69) is 10.3 Å². The van der Waals surface area contributed by atoms with Crippen LogP contribution in [-0.4, -0.2) is 84.5 Å². The lowest BCUT2D eigenvalue weighted by Crippen LogP contribution is -2.52. The number of methoxy groups -OCH3 is 1. The third-order valence-electron chi connectivity index (χ3n) is 5.03. The van der Waals surface area contributed by atoms with Crippen LogP contribution >= 0.6 is 0 Å². The molecule has 1 aromatic carbocycles. The maximum atomic E-state index is 12.6. The van der Waals surface area contributed by atoms with Crippen LogP contribution in [0.3, 0.4) is 0 Å². The molecule has 0 aliphatic carbocycles. The van der Waals surface area contributed by atoms with Crippen LogP contribution in [0.15, 0.2) is 30.3 Å². The number of piperazine rings is 1. The average molecular weight is 443 g/mol. The fourth-order valence-electron chi connectivity index (χ4n) is 3.50. The van der Waals surface area contributed by atoms with Gasteiger partial charge in [-0.05, 0) is 32.9 Å². The smallest absolute Gasteiger partial charge is 0.320 e. The Hall–Kier alpha value is -3.20. The number of pyridine rings is 1. The topological polar surface area (TPSA) is 101 Å². The zero-order valence-electron chi connectivity index (χ0n) is 19.0. The number of hydrogen-bond donors (Lipinski definition) is 1. The van der Waals surface area contributed by atoms with E-state index in [4.69, 9.17) is 9.47 Å². The molecule has 172 valence electrons. The molecule has 0 spiro atoms. The lowest BCUT2D eigenvalue weighted by molar-refractivity contribution is -0.156. The van der Waals surface area contributed by atoms with Gasteiger partial charge in [0.15, 0.2) is 0 Å². The average Bonchev–Trinajstić information content (AvgIpc) is 2.75. The largest absolute Gasteiger partial charge is 0.496 e. The van der Waals surface area contributed by atoms with Crippen LogP contribution in [-0.2, 0) is 14.3 Å². The molecule has 9 heteroatoms. The van der Waals surface area contributed by atoms with Crippen molar-refractivity contribution in [1.82, 2.24) is 20.1 Å². The second kappa shape index (κ2) is 9.95. The van der Waals surface area contributed by atoms with Crippen molar-refractivity contribution < 1.29 is 23.9 Å². The maximum Gasteiger partial charge on any atom is 0.320 e. The first-order chi connectivity index (χ1) is 15.2. The number of carbonyl (C=O) groups is 3. The van der Waals surface area contributed by atoms with Crippen LogP contribution in [0.25, 0.3) is 10.9 Å². The minimum absolute atomic E-state index is 0.123. The van der Waals surface area contributed by atoms with Crippen LogP contribution < -0.4 is 10.1 Å². The normalized spacial score (nSPS) is 14.8. The molecule has 0 radical (unpaired) electrons. The molecule has 2 amide bonds. The van der Waals surface area contributed by atoms with Gasteiger partial charge in [0, 0.05) is 37.6 Å². The number of para-hydroxylation sites is 1. The van der Waals surface area contributed by atoms with Crippen molar-refractivity contribution in [3.8, 4) is 5.75 Å². The van der Waals surface area contributed by atoms with Gasteiger partial charge < -0.3 is 19.7 Å². The number of nitrogens with zero attached hydrogens (tertiary/aromatic N) is 3. The summed E-state index contributed by atoms with van der Waals surface area (Å²) in [5.41, 5.74) is 0.316. The number of nitrogens with one attached hydrogen (secondary N) is 1. The summed E-state index contributed by atoms with van der Waals surface area (Å²) in [7, 11) is 1.54. The van der Waals surface area contributed by atoms with Crippen LogP contribution in [0.4, 0.5) is 0 Å². The van der Waals surface area contributed by atoms with Gasteiger partial charge in [-0.3, -0.25) is 19.3 Å². The highest BCUT2D eigenvalue weighted by molar-refractivity contribution is 5.98. The van der Waals surface area contributed by atoms with Crippen molar-refractivity contribution in [3.05, 3.63) is 36.0 Å². The number of rotatable bonds is 6. The van der Waals surface area contributed by atoms with E-state index in [1.807, 2.05) is 43.9 Å². The SMILES string of the molecule is COc1cc(C(=O)NCC(=O)N2CCN(CC(=O)OC(C)(C)C)CC2)nc2ccccc12. The third kappa shape index (κ3) is 6.16. The van der Waals surface area contributed by atoms with E-state index in [0.717, 1.165) is 5.39 Å². The van der Waals surface area contributed by atoms with E-state index in [1.54, 1.807) is 17.0 Å². The second-order valence-electron chi connectivity index (χ2n) is 8.65. The summed E-state index contributed by atoms with van der Waals surface area (Å²) in [6, 6.07) is 8.95. The van der Waals surface area contributed by atoms with Crippen molar-refractivity contribution in [2.75, 3.05) is 46.4 Å². The highest BCUT2D eigenvalue weighted by Gasteiger charge is 2.25. The molecule has 2 aromatic rings. The molecular weight excluding hydrogens is 412 g/mol. The van der Waals surface area contributed by atoms with E-state index < -0.39 is 11.5 Å². The summed E-state index contributed by atoms with van der Waals surface area (Å²) in [5.74, 6) is -0.343. The molecule has 2 heterocycles. The lowest BCUT2D eigenvalue weighted by Gasteiger charge is -2.34. The number of amides is 2. The standard InChI is InChI=1S/C23H30N4O5/c1-23(2,3)32-21(29)15-26-9-11-27(12-10-26)20(28)14-24-22(30)18-13-19(31-4)16-7-5-6-8-17(16)25-18/h5-8,13H,9-12,14-15H2,1-4H3,(H,24,30). The van der Waals surface area contributed by atoms with E-state index in [-0.39, 0.29) is 30.7 Å². The van der Waals surface area contributed by atoms with E-state index in [9.17, 15) is 14.4 Å². The summed E-state index contributed by atoms with van der Waals surface area (Å²) in [5, 5.41) is 3.46. The van der Waals surface area contributed by atoms with Crippen LogP contribution in [0, 0.1) is 0 Å². The molecule has 3 rings (SSSR count). The van der Waals surface area contributed by atoms with Crippen LogP contribution in [0.1, 0.15) is 31.3 Å². The number of aromatic nitrogens is 1. The Bertz CT molecular complexity index is 994. The molecule has 1 fully saturated rings. The number of carbonyl (C=O) groups excluding carboxylic acids is 3. The molecule has 0 unspecified atom stereocenters. The Morgan fingerprint density at radius 1 is 1.09 bits per heavy atom. The Balaban J connectivity index is 1.50. The van der Waals surface area contributed by atoms with Gasteiger partial charge in [0.05, 0.1) is 25.7 Å². The molecule has 0 bridgehead atoms. The van der Waals surface area contributed by atoms with Crippen molar-refractivity contribution >= 4 is 28.7 Å². The highest BCUT2D eigenvalue weighted by Crippen LogP contribution is 2.24. The van der Waals surface area contributed by atoms with Gasteiger partial charge >= 0.3 is 5.97 Å². The first-order valence-electron chi connectivity index (χ1n) is 10.6. The summed E-state index contributed by atoms with van der Waals surface area (Å²) < 4.78 is 10.7. The predicted octanol–water partition coefficient (Wildman–Crippen LogP) is 1.46. The Morgan fingerprint density at radius 3 is 2.44 bits per heavy atom. The van der Waals surface area contributed by atoms with Crippen LogP contribution in [0.5, 0.6) is 5.75 Å². The number of benzene rings is 1. The van der Waals surface area contributed by atoms with Crippen molar-refractivity contribution in [2.24, 2.45) is 0 Å². The van der Waals surface area contributed by atoms with Crippen molar-refractivity contribution in [2.45, 2.75) is 26.4 Å². The third-order valence-corrected chi connectivity index (χ3v) is 5.03. The van der Waals surface area contributed by atoms with Gasteiger partial charge in [0.25, 0.3) is 5.91 Å². The zero-order chi connectivity index (χ0) is 23.3. The van der Waals surface area contributed by atoms with Gasteiger partial charge in [0.2, 0.25) is 5.91 Å². The maximum absolute atomic E-state index is 12.6. The van der Waals surface area contributed by atoms with Gasteiger partial charge in [0.1, 0.15) is 17.0 Å².